The molecule has 0 amide bonds. The third-order valence-corrected chi connectivity index (χ3v) is 2.96. The van der Waals surface area contributed by atoms with Gasteiger partial charge in [0.05, 0.1) is 11.1 Å². The van der Waals surface area contributed by atoms with E-state index in [0.717, 1.165) is 0 Å². The topological polar surface area (TPSA) is 26.3 Å². The van der Waals surface area contributed by atoms with Crippen molar-refractivity contribution in [3.63, 3.8) is 0 Å². The van der Waals surface area contributed by atoms with Crippen LogP contribution in [0.15, 0.2) is 42.5 Å². The van der Waals surface area contributed by atoms with Crippen LogP contribution in [0, 0.1) is 5.82 Å². The number of ketones is 1. The summed E-state index contributed by atoms with van der Waals surface area (Å²) in [5.74, 6) is -0.0411. The number of ether oxygens (including phenoxy) is 1. The van der Waals surface area contributed by atoms with E-state index < -0.39 is 5.82 Å². The van der Waals surface area contributed by atoms with E-state index in [9.17, 15) is 9.18 Å². The van der Waals surface area contributed by atoms with Crippen LogP contribution in [0.3, 0.4) is 0 Å². The number of carbonyl (C=O) groups is 1. The van der Waals surface area contributed by atoms with E-state index in [1.165, 1.54) is 18.2 Å². The summed E-state index contributed by atoms with van der Waals surface area (Å²) in [6, 6.07) is 10.8. The molecule has 0 spiro atoms. The second kappa shape index (κ2) is 6.06. The van der Waals surface area contributed by atoms with Gasteiger partial charge >= 0.3 is 0 Å². The molecule has 2 rings (SSSR count). The normalized spacial score (nSPS) is 10.7. The molecular weight excluding hydrogens is 279 g/mol. The SMILES string of the molecule is CC(C)Oc1ccc(C(=O)c2ccc(F)c(Cl)c2)cc1. The van der Waals surface area contributed by atoms with Crippen molar-refractivity contribution in [2.24, 2.45) is 0 Å². The first-order chi connectivity index (χ1) is 9.47. The average molecular weight is 293 g/mol. The molecule has 2 aromatic carbocycles. The molecule has 0 fully saturated rings. The lowest BCUT2D eigenvalue weighted by Gasteiger charge is -2.10. The summed E-state index contributed by atoms with van der Waals surface area (Å²) in [5, 5.41) is -0.0596. The van der Waals surface area contributed by atoms with Crippen molar-refractivity contribution in [2.45, 2.75) is 20.0 Å². The van der Waals surface area contributed by atoms with Crippen molar-refractivity contribution in [3.8, 4) is 5.75 Å². The van der Waals surface area contributed by atoms with Gasteiger partial charge in [-0.15, -0.1) is 0 Å². The second-order valence-electron chi connectivity index (χ2n) is 4.65. The number of hydrogen-bond acceptors (Lipinski definition) is 2. The first-order valence-electron chi connectivity index (χ1n) is 6.24. The summed E-state index contributed by atoms with van der Waals surface area (Å²) in [6.07, 6.45) is 0.0763. The lowest BCUT2D eigenvalue weighted by Crippen LogP contribution is -2.06. The van der Waals surface area contributed by atoms with Crippen LogP contribution in [0.4, 0.5) is 4.39 Å². The Labute approximate surface area is 122 Å². The predicted molar refractivity (Wildman–Crippen MR) is 77.0 cm³/mol. The summed E-state index contributed by atoms with van der Waals surface area (Å²) in [7, 11) is 0. The molecule has 2 aromatic rings. The molecule has 0 heterocycles. The Morgan fingerprint density at radius 3 is 2.25 bits per heavy atom. The fourth-order valence-corrected chi connectivity index (χ4v) is 1.94. The summed E-state index contributed by atoms with van der Waals surface area (Å²) < 4.78 is 18.6. The number of benzene rings is 2. The molecule has 2 nitrogen and oxygen atoms in total. The standard InChI is InChI=1S/C16H14ClFO2/c1-10(2)20-13-6-3-11(4-7-13)16(19)12-5-8-15(18)14(17)9-12/h3-10H,1-2H3. The van der Waals surface area contributed by atoms with E-state index in [2.05, 4.69) is 0 Å². The average Bonchev–Trinajstić information content (AvgIpc) is 2.41. The van der Waals surface area contributed by atoms with E-state index in [-0.39, 0.29) is 16.9 Å². The molecule has 4 heteroatoms. The Hall–Kier alpha value is -1.87. The lowest BCUT2D eigenvalue weighted by atomic mass is 10.0. The van der Waals surface area contributed by atoms with Crippen LogP contribution in [-0.2, 0) is 0 Å². The highest BCUT2D eigenvalue weighted by molar-refractivity contribution is 6.31. The molecule has 0 aromatic heterocycles. The van der Waals surface area contributed by atoms with Crippen LogP contribution < -0.4 is 4.74 Å². The summed E-state index contributed by atoms with van der Waals surface area (Å²) in [6.45, 7) is 3.86. The molecule has 0 N–H and O–H groups in total. The molecule has 0 unspecified atom stereocenters. The Bertz CT molecular complexity index is 621. The highest BCUT2D eigenvalue weighted by atomic mass is 35.5. The third kappa shape index (κ3) is 3.36. The van der Waals surface area contributed by atoms with Gasteiger partial charge in [0, 0.05) is 11.1 Å². The van der Waals surface area contributed by atoms with Crippen molar-refractivity contribution in [3.05, 3.63) is 64.4 Å². The van der Waals surface area contributed by atoms with E-state index in [4.69, 9.17) is 16.3 Å². The fraction of sp³-hybridized carbons (Fsp3) is 0.188. The Morgan fingerprint density at radius 1 is 1.10 bits per heavy atom. The van der Waals surface area contributed by atoms with E-state index in [1.54, 1.807) is 24.3 Å². The van der Waals surface area contributed by atoms with E-state index in [1.807, 2.05) is 13.8 Å². The van der Waals surface area contributed by atoms with Gasteiger partial charge in [0.25, 0.3) is 0 Å². The number of carbonyl (C=O) groups excluding carboxylic acids is 1. The third-order valence-electron chi connectivity index (χ3n) is 2.67. The molecule has 0 radical (unpaired) electrons. The van der Waals surface area contributed by atoms with Gasteiger partial charge in [-0.2, -0.15) is 0 Å². The van der Waals surface area contributed by atoms with Gasteiger partial charge < -0.3 is 4.74 Å². The van der Waals surface area contributed by atoms with Gasteiger partial charge in [0.15, 0.2) is 5.78 Å². The van der Waals surface area contributed by atoms with E-state index in [0.29, 0.717) is 16.9 Å². The molecule has 0 saturated carbocycles. The zero-order valence-electron chi connectivity index (χ0n) is 11.2. The molecular formula is C16H14ClFO2. The number of rotatable bonds is 4. The molecule has 0 aliphatic carbocycles. The first-order valence-corrected chi connectivity index (χ1v) is 6.61. The second-order valence-corrected chi connectivity index (χ2v) is 5.06. The van der Waals surface area contributed by atoms with Crippen LogP contribution in [0.25, 0.3) is 0 Å². The smallest absolute Gasteiger partial charge is 0.193 e. The minimum absolute atomic E-state index is 0.0596. The minimum Gasteiger partial charge on any atom is -0.491 e. The van der Waals surface area contributed by atoms with Crippen LogP contribution in [-0.4, -0.2) is 11.9 Å². The maximum atomic E-state index is 13.1. The molecule has 0 bridgehead atoms. The van der Waals surface area contributed by atoms with Gasteiger partial charge in [-0.25, -0.2) is 4.39 Å². The van der Waals surface area contributed by atoms with Gasteiger partial charge in [-0.3, -0.25) is 4.79 Å². The lowest BCUT2D eigenvalue weighted by molar-refractivity contribution is 0.103. The summed E-state index contributed by atoms with van der Waals surface area (Å²) in [4.78, 5) is 12.2. The molecule has 0 saturated heterocycles. The molecule has 0 aliphatic heterocycles. The monoisotopic (exact) mass is 292 g/mol. The molecule has 0 aliphatic rings. The highest BCUT2D eigenvalue weighted by Crippen LogP contribution is 2.20. The maximum Gasteiger partial charge on any atom is 0.193 e. The predicted octanol–water partition coefficient (Wildman–Crippen LogP) is 4.50. The largest absolute Gasteiger partial charge is 0.491 e. The molecule has 104 valence electrons. The van der Waals surface area contributed by atoms with Crippen LogP contribution in [0.2, 0.25) is 5.02 Å². The van der Waals surface area contributed by atoms with Crippen LogP contribution in [0.5, 0.6) is 5.75 Å². The van der Waals surface area contributed by atoms with Crippen molar-refractivity contribution < 1.29 is 13.9 Å². The zero-order valence-corrected chi connectivity index (χ0v) is 11.9. The fourth-order valence-electron chi connectivity index (χ4n) is 1.76. The van der Waals surface area contributed by atoms with Gasteiger partial charge in [-0.05, 0) is 56.3 Å². The molecule has 0 atom stereocenters. The van der Waals surface area contributed by atoms with Crippen LogP contribution in [0.1, 0.15) is 29.8 Å². The Balaban J connectivity index is 2.22. The Kier molecular flexibility index (Phi) is 4.40. The number of halogens is 2. The minimum atomic E-state index is -0.538. The van der Waals surface area contributed by atoms with E-state index >= 15 is 0 Å². The van der Waals surface area contributed by atoms with Gasteiger partial charge in [0.2, 0.25) is 0 Å². The quantitative estimate of drug-likeness (QED) is 0.776. The Morgan fingerprint density at radius 2 is 1.70 bits per heavy atom. The number of hydrogen-bond donors (Lipinski definition) is 0. The van der Waals surface area contributed by atoms with Crippen molar-refractivity contribution in [1.82, 2.24) is 0 Å². The van der Waals surface area contributed by atoms with Gasteiger partial charge in [-0.1, -0.05) is 11.6 Å². The zero-order chi connectivity index (χ0) is 14.7. The van der Waals surface area contributed by atoms with Crippen molar-refractivity contribution in [2.75, 3.05) is 0 Å². The summed E-state index contributed by atoms with van der Waals surface area (Å²) in [5.41, 5.74) is 0.859. The van der Waals surface area contributed by atoms with Crippen molar-refractivity contribution in [1.29, 1.82) is 0 Å². The molecule has 20 heavy (non-hydrogen) atoms. The van der Waals surface area contributed by atoms with Crippen LogP contribution >= 0.6 is 11.6 Å². The first kappa shape index (κ1) is 14.5. The maximum absolute atomic E-state index is 13.1. The highest BCUT2D eigenvalue weighted by Gasteiger charge is 2.11. The van der Waals surface area contributed by atoms with Crippen molar-refractivity contribution >= 4 is 17.4 Å². The van der Waals surface area contributed by atoms with Gasteiger partial charge in [0.1, 0.15) is 11.6 Å². The summed E-state index contributed by atoms with van der Waals surface area (Å²) >= 11 is 5.68.